The molecule has 0 saturated heterocycles. The van der Waals surface area contributed by atoms with Gasteiger partial charge in [0.05, 0.1) is 0 Å². The standard InChI is InChI=1S/Li.Mo.3O.H. The molecule has 5 heavy (non-hydrogen) atoms. The van der Waals surface area contributed by atoms with Gasteiger partial charge in [0.25, 0.3) is 0 Å². The zero-order valence-electron chi connectivity index (χ0n) is 1.63. The molecule has 0 amide bonds. The summed E-state index contributed by atoms with van der Waals surface area (Å²) in [4.78, 5) is 0. The second-order valence-corrected chi connectivity index (χ2v) is 1.21. The fourth-order valence-electron chi connectivity index (χ4n) is 0. The van der Waals surface area contributed by atoms with Crippen LogP contribution in [0.15, 0.2) is 0 Å². The number of rotatable bonds is 0. The summed E-state index contributed by atoms with van der Waals surface area (Å²) in [5, 5.41) is 0. The van der Waals surface area contributed by atoms with E-state index in [2.05, 4.69) is 0 Å². The Bertz CT molecular complexity index is 76.3. The average molecular weight is 152 g/mol. The molecule has 0 fully saturated rings. The van der Waals surface area contributed by atoms with Gasteiger partial charge in [-0.25, -0.2) is 0 Å². The summed E-state index contributed by atoms with van der Waals surface area (Å²) in [6.07, 6.45) is 0. The zero-order chi connectivity index (χ0) is 3.58. The molecular weight excluding hydrogens is 151 g/mol. The van der Waals surface area contributed by atoms with E-state index in [4.69, 9.17) is 10.2 Å². The second-order valence-electron chi connectivity index (χ2n) is 0.204. The van der Waals surface area contributed by atoms with E-state index in [1.807, 2.05) is 0 Å². The minimum absolute atomic E-state index is 0. The van der Waals surface area contributed by atoms with Crippen LogP contribution in [0.4, 0.5) is 0 Å². The molecular formula is HLiMoO3. The van der Waals surface area contributed by atoms with Crippen LogP contribution in [-0.4, -0.2) is 18.9 Å². The first-order valence-electron chi connectivity index (χ1n) is 0.500. The Morgan fingerprint density at radius 2 is 1.00 bits per heavy atom. The van der Waals surface area contributed by atoms with Gasteiger partial charge < -0.3 is 0 Å². The molecule has 0 aliphatic carbocycles. The Labute approximate surface area is 46.4 Å². The molecule has 0 radical (unpaired) electrons. The Balaban J connectivity index is 0. The molecule has 0 unspecified atom stereocenters. The van der Waals surface area contributed by atoms with E-state index in [1.54, 1.807) is 0 Å². The quantitative estimate of drug-likeness (QED) is 0.418. The van der Waals surface area contributed by atoms with Gasteiger partial charge in [-0.3, -0.25) is 0 Å². The van der Waals surface area contributed by atoms with Crippen LogP contribution in [0.3, 0.4) is 0 Å². The van der Waals surface area contributed by atoms with Crippen LogP contribution < -0.4 is 0 Å². The van der Waals surface area contributed by atoms with Gasteiger partial charge in [-0.1, -0.05) is 0 Å². The van der Waals surface area contributed by atoms with Crippen molar-refractivity contribution < 1.29 is 27.4 Å². The van der Waals surface area contributed by atoms with Crippen molar-refractivity contribution in [3.05, 3.63) is 0 Å². The number of hydrogen-bond acceptors (Lipinski definition) is 3. The molecule has 0 rings (SSSR count). The van der Waals surface area contributed by atoms with Crippen molar-refractivity contribution in [1.82, 2.24) is 0 Å². The van der Waals surface area contributed by atoms with Gasteiger partial charge in [0, 0.05) is 0 Å². The molecule has 3 nitrogen and oxygen atoms in total. The zero-order valence-corrected chi connectivity index (χ0v) is 3.64. The van der Waals surface area contributed by atoms with Crippen molar-refractivity contribution in [2.45, 2.75) is 0 Å². The average Bonchev–Trinajstić information content (AvgIpc) is 0.811. The molecule has 0 heterocycles. The number of hydrogen-bond donors (Lipinski definition) is 0. The molecule has 0 spiro atoms. The van der Waals surface area contributed by atoms with E-state index in [0.717, 1.165) is 0 Å². The first-order valence-corrected chi connectivity index (χ1v) is 2.96. The summed E-state index contributed by atoms with van der Waals surface area (Å²) < 4.78 is 25.8. The van der Waals surface area contributed by atoms with Gasteiger partial charge in [0.15, 0.2) is 0 Å². The SMILES string of the molecule is [LiH].[O]=[Mo](=[O])=[O]. The summed E-state index contributed by atoms with van der Waals surface area (Å²) in [5.74, 6) is 0. The normalized spacial score (nSPS) is 4.80. The summed E-state index contributed by atoms with van der Waals surface area (Å²) in [6.45, 7) is 0. The van der Waals surface area contributed by atoms with Crippen molar-refractivity contribution in [2.24, 2.45) is 0 Å². The van der Waals surface area contributed by atoms with Crippen LogP contribution in [0.1, 0.15) is 0 Å². The topological polar surface area (TPSA) is 51.2 Å². The van der Waals surface area contributed by atoms with Crippen molar-refractivity contribution in [2.75, 3.05) is 0 Å². The molecule has 0 atom stereocenters. The third kappa shape index (κ3) is 71.9. The molecule has 0 N–H and O–H groups in total. The summed E-state index contributed by atoms with van der Waals surface area (Å²) in [7, 11) is 0. The van der Waals surface area contributed by atoms with Gasteiger partial charge in [-0.2, -0.15) is 0 Å². The summed E-state index contributed by atoms with van der Waals surface area (Å²) in [6, 6.07) is 0. The Morgan fingerprint density at radius 3 is 1.00 bits per heavy atom. The molecule has 0 aromatic carbocycles. The molecule has 0 bridgehead atoms. The van der Waals surface area contributed by atoms with Crippen molar-refractivity contribution >= 4 is 18.9 Å². The third-order valence-electron chi connectivity index (χ3n) is 0. The maximum atomic E-state index is 8.59. The Hall–Kier alpha value is 0.686. The predicted molar refractivity (Wildman–Crippen MR) is 9.21 cm³/mol. The first kappa shape index (κ1) is 9.19. The van der Waals surface area contributed by atoms with Crippen molar-refractivity contribution in [3.8, 4) is 0 Å². The molecule has 0 aliphatic rings. The molecule has 0 saturated carbocycles. The van der Waals surface area contributed by atoms with Crippen molar-refractivity contribution in [1.29, 1.82) is 0 Å². The fraction of sp³-hybridized carbons (Fsp3) is 0. The summed E-state index contributed by atoms with van der Waals surface area (Å²) >= 11 is -4.11. The predicted octanol–water partition coefficient (Wildman–Crippen LogP) is -1.01. The molecule has 26 valence electrons. The van der Waals surface area contributed by atoms with Crippen LogP contribution in [0.2, 0.25) is 0 Å². The van der Waals surface area contributed by atoms with E-state index in [-0.39, 0.29) is 18.9 Å². The molecule has 0 aromatic heterocycles. The van der Waals surface area contributed by atoms with Gasteiger partial charge in [-0.05, 0) is 0 Å². The second kappa shape index (κ2) is 4.69. The van der Waals surface area contributed by atoms with Crippen LogP contribution in [0.25, 0.3) is 0 Å². The van der Waals surface area contributed by atoms with Gasteiger partial charge in [-0.15, -0.1) is 0 Å². The van der Waals surface area contributed by atoms with E-state index < -0.39 is 17.2 Å². The maximum absolute atomic E-state index is 8.59. The minimum atomic E-state index is -4.11. The Kier molecular flexibility index (Phi) is 8.61. The molecule has 0 aliphatic heterocycles. The summed E-state index contributed by atoms with van der Waals surface area (Å²) in [5.41, 5.74) is 0. The first-order chi connectivity index (χ1) is 1.73. The molecule has 5 heteroatoms. The van der Waals surface area contributed by atoms with Gasteiger partial charge in [0.1, 0.15) is 0 Å². The van der Waals surface area contributed by atoms with E-state index in [1.165, 1.54) is 0 Å². The van der Waals surface area contributed by atoms with Crippen LogP contribution in [0.5, 0.6) is 0 Å². The van der Waals surface area contributed by atoms with Crippen LogP contribution in [0, 0.1) is 0 Å². The third-order valence-corrected chi connectivity index (χ3v) is 0. The van der Waals surface area contributed by atoms with Gasteiger partial charge in [0.2, 0.25) is 0 Å². The van der Waals surface area contributed by atoms with E-state index in [0.29, 0.717) is 0 Å². The van der Waals surface area contributed by atoms with E-state index in [9.17, 15) is 0 Å². The van der Waals surface area contributed by atoms with E-state index >= 15 is 0 Å². The van der Waals surface area contributed by atoms with Gasteiger partial charge >= 0.3 is 46.3 Å². The van der Waals surface area contributed by atoms with Crippen LogP contribution in [-0.2, 0) is 27.4 Å². The monoisotopic (exact) mass is 154 g/mol. The molecule has 0 aromatic rings. The van der Waals surface area contributed by atoms with Crippen LogP contribution >= 0.6 is 0 Å². The Morgan fingerprint density at radius 1 is 1.00 bits per heavy atom. The fourth-order valence-corrected chi connectivity index (χ4v) is 0. The van der Waals surface area contributed by atoms with Crippen molar-refractivity contribution in [3.63, 3.8) is 0 Å².